The zero-order valence-corrected chi connectivity index (χ0v) is 7.93. The number of hydrogen-bond donors (Lipinski definition) is 2. The van der Waals surface area contributed by atoms with E-state index in [0.29, 0.717) is 3.70 Å². The summed E-state index contributed by atoms with van der Waals surface area (Å²) >= 11 is 1.74. The van der Waals surface area contributed by atoms with Gasteiger partial charge in [-0.2, -0.15) is 0 Å². The largest absolute Gasteiger partial charge is 0.394 e. The minimum Gasteiger partial charge on any atom is -0.394 e. The summed E-state index contributed by atoms with van der Waals surface area (Å²) in [6, 6.07) is 1.17. The van der Waals surface area contributed by atoms with Crippen molar-refractivity contribution in [2.24, 2.45) is 0 Å². The first-order valence-corrected chi connectivity index (χ1v) is 4.06. The molecule has 1 aromatic heterocycles. The molecule has 0 unspecified atom stereocenters. The van der Waals surface area contributed by atoms with E-state index < -0.39 is 23.2 Å². The summed E-state index contributed by atoms with van der Waals surface area (Å²) in [5, 5.41) is 0. The van der Waals surface area contributed by atoms with Crippen LogP contribution in [0.4, 0.5) is 14.5 Å². The molecule has 12 heavy (non-hydrogen) atoms. The van der Waals surface area contributed by atoms with Crippen LogP contribution >= 0.6 is 22.6 Å². The van der Waals surface area contributed by atoms with Crippen LogP contribution in [0.1, 0.15) is 12.1 Å². The Morgan fingerprint density at radius 3 is 2.67 bits per heavy atom. The molecule has 0 atom stereocenters. The fourth-order valence-corrected chi connectivity index (χ4v) is 1.30. The van der Waals surface area contributed by atoms with Crippen LogP contribution in [0, 0.1) is 3.70 Å². The van der Waals surface area contributed by atoms with E-state index >= 15 is 0 Å². The number of nitrogens with one attached hydrogen (secondary N) is 1. The summed E-state index contributed by atoms with van der Waals surface area (Å²) in [5.74, 6) is 0. The number of rotatable bonds is 1. The van der Waals surface area contributed by atoms with E-state index in [9.17, 15) is 13.6 Å². The molecule has 0 aliphatic rings. The molecule has 0 aliphatic heterocycles. The lowest BCUT2D eigenvalue weighted by Crippen LogP contribution is -2.13. The fraction of sp³-hybridized carbons (Fsp3) is 0.167. The predicted octanol–water partition coefficient (Wildman–Crippen LogP) is 1.50. The molecule has 0 fully saturated rings. The number of alkyl halides is 2. The quantitative estimate of drug-likeness (QED) is 0.607. The van der Waals surface area contributed by atoms with Crippen molar-refractivity contribution in [3.8, 4) is 0 Å². The first-order chi connectivity index (χ1) is 5.52. The molecule has 0 spiro atoms. The highest BCUT2D eigenvalue weighted by Gasteiger charge is 2.14. The maximum atomic E-state index is 12.1. The first-order valence-electron chi connectivity index (χ1n) is 2.98. The third kappa shape index (κ3) is 1.74. The highest BCUT2D eigenvalue weighted by Crippen LogP contribution is 2.20. The van der Waals surface area contributed by atoms with E-state index in [0.717, 1.165) is 0 Å². The average Bonchev–Trinajstić information content (AvgIpc) is 1.96. The van der Waals surface area contributed by atoms with Crippen molar-refractivity contribution in [2.45, 2.75) is 6.43 Å². The SMILES string of the molecule is Nc1c(C(F)F)[nH]c(I)cc1=O. The number of aromatic amines is 1. The van der Waals surface area contributed by atoms with Gasteiger partial charge in [-0.25, -0.2) is 8.78 Å². The normalized spacial score (nSPS) is 10.7. The molecule has 3 N–H and O–H groups in total. The van der Waals surface area contributed by atoms with Crippen LogP contribution in [-0.4, -0.2) is 4.98 Å². The third-order valence-corrected chi connectivity index (χ3v) is 1.87. The molecular weight excluding hydrogens is 281 g/mol. The molecule has 0 saturated carbocycles. The minimum absolute atomic E-state index is 0.349. The van der Waals surface area contributed by atoms with Gasteiger partial charge in [0, 0.05) is 6.07 Å². The summed E-state index contributed by atoms with van der Waals surface area (Å²) in [6.45, 7) is 0. The highest BCUT2D eigenvalue weighted by atomic mass is 127. The van der Waals surface area contributed by atoms with Crippen LogP contribution in [0.15, 0.2) is 10.9 Å². The Morgan fingerprint density at radius 2 is 2.17 bits per heavy atom. The molecule has 0 aromatic carbocycles. The topological polar surface area (TPSA) is 58.9 Å². The van der Waals surface area contributed by atoms with Gasteiger partial charge < -0.3 is 10.7 Å². The second kappa shape index (κ2) is 3.38. The Morgan fingerprint density at radius 1 is 1.58 bits per heavy atom. The number of nitrogens with two attached hydrogens (primary N) is 1. The van der Waals surface area contributed by atoms with Gasteiger partial charge in [-0.1, -0.05) is 0 Å². The van der Waals surface area contributed by atoms with Crippen LogP contribution < -0.4 is 11.2 Å². The lowest BCUT2D eigenvalue weighted by Gasteiger charge is -2.03. The van der Waals surface area contributed by atoms with Crippen molar-refractivity contribution < 1.29 is 8.78 Å². The minimum atomic E-state index is -2.74. The van der Waals surface area contributed by atoms with E-state index in [1.807, 2.05) is 0 Å². The van der Waals surface area contributed by atoms with Gasteiger partial charge in [0.25, 0.3) is 6.43 Å². The standard InChI is InChI=1S/C6H5F2IN2O/c7-6(8)5-4(10)2(12)1-3(9)11-5/h1,6H,10H2,(H,11,12). The molecule has 0 aliphatic carbocycles. The lowest BCUT2D eigenvalue weighted by molar-refractivity contribution is 0.146. The number of nitrogen functional groups attached to an aromatic ring is 1. The van der Waals surface area contributed by atoms with Crippen molar-refractivity contribution in [3.63, 3.8) is 0 Å². The molecular formula is C6H5F2IN2O. The number of aromatic nitrogens is 1. The van der Waals surface area contributed by atoms with E-state index in [4.69, 9.17) is 5.73 Å². The Balaban J connectivity index is 3.38. The average molecular weight is 286 g/mol. The lowest BCUT2D eigenvalue weighted by atomic mass is 10.3. The molecule has 1 aromatic rings. The Kier molecular flexibility index (Phi) is 2.65. The van der Waals surface area contributed by atoms with Crippen molar-refractivity contribution in [2.75, 3.05) is 5.73 Å². The molecule has 6 heteroatoms. The zero-order valence-electron chi connectivity index (χ0n) is 5.77. The molecule has 3 nitrogen and oxygen atoms in total. The Hall–Kier alpha value is -0.660. The van der Waals surface area contributed by atoms with Gasteiger partial charge in [-0.3, -0.25) is 4.79 Å². The second-order valence-corrected chi connectivity index (χ2v) is 3.27. The van der Waals surface area contributed by atoms with Crippen molar-refractivity contribution in [3.05, 3.63) is 25.7 Å². The molecule has 0 saturated heterocycles. The molecule has 66 valence electrons. The van der Waals surface area contributed by atoms with Gasteiger partial charge in [0.1, 0.15) is 11.4 Å². The summed E-state index contributed by atoms with van der Waals surface area (Å²) in [6.07, 6.45) is -2.74. The number of anilines is 1. The highest BCUT2D eigenvalue weighted by molar-refractivity contribution is 14.1. The second-order valence-electron chi connectivity index (χ2n) is 2.11. The monoisotopic (exact) mass is 286 g/mol. The van der Waals surface area contributed by atoms with Crippen molar-refractivity contribution in [1.82, 2.24) is 4.98 Å². The Bertz CT molecular complexity index is 350. The van der Waals surface area contributed by atoms with Crippen molar-refractivity contribution >= 4 is 28.3 Å². The van der Waals surface area contributed by atoms with E-state index in [2.05, 4.69) is 4.98 Å². The van der Waals surface area contributed by atoms with Gasteiger partial charge >= 0.3 is 0 Å². The molecule has 0 amide bonds. The maximum Gasteiger partial charge on any atom is 0.280 e. The molecule has 1 heterocycles. The first kappa shape index (κ1) is 9.43. The maximum absolute atomic E-state index is 12.1. The van der Waals surface area contributed by atoms with Gasteiger partial charge in [0.15, 0.2) is 0 Å². The van der Waals surface area contributed by atoms with Crippen LogP contribution in [-0.2, 0) is 0 Å². The van der Waals surface area contributed by atoms with E-state index in [1.165, 1.54) is 6.07 Å². The zero-order chi connectivity index (χ0) is 9.30. The number of hydrogen-bond acceptors (Lipinski definition) is 2. The van der Waals surface area contributed by atoms with Crippen LogP contribution in [0.3, 0.4) is 0 Å². The predicted molar refractivity (Wildman–Crippen MR) is 49.1 cm³/mol. The van der Waals surface area contributed by atoms with E-state index in [-0.39, 0.29) is 0 Å². The van der Waals surface area contributed by atoms with Gasteiger partial charge in [0.05, 0.1) is 3.70 Å². The third-order valence-electron chi connectivity index (χ3n) is 1.29. The molecule has 0 bridgehead atoms. The van der Waals surface area contributed by atoms with E-state index in [1.54, 1.807) is 22.6 Å². The molecule has 1 rings (SSSR count). The van der Waals surface area contributed by atoms with Crippen LogP contribution in [0.5, 0.6) is 0 Å². The fourth-order valence-electron chi connectivity index (χ4n) is 0.730. The summed E-state index contributed by atoms with van der Waals surface area (Å²) in [7, 11) is 0. The number of H-pyrrole nitrogens is 1. The molecule has 0 radical (unpaired) electrons. The summed E-state index contributed by atoms with van der Waals surface area (Å²) in [4.78, 5) is 13.2. The van der Waals surface area contributed by atoms with Gasteiger partial charge in [-0.15, -0.1) is 0 Å². The van der Waals surface area contributed by atoms with Gasteiger partial charge in [0.2, 0.25) is 5.43 Å². The van der Waals surface area contributed by atoms with Crippen LogP contribution in [0.2, 0.25) is 0 Å². The summed E-state index contributed by atoms with van der Waals surface area (Å²) < 4.78 is 24.6. The smallest absolute Gasteiger partial charge is 0.280 e. The number of halogens is 3. The van der Waals surface area contributed by atoms with Crippen LogP contribution in [0.25, 0.3) is 0 Å². The van der Waals surface area contributed by atoms with Gasteiger partial charge in [-0.05, 0) is 22.6 Å². The Labute approximate surface area is 80.1 Å². The number of pyridine rings is 1. The van der Waals surface area contributed by atoms with Crippen molar-refractivity contribution in [1.29, 1.82) is 0 Å². The summed E-state index contributed by atoms with van der Waals surface area (Å²) in [5.41, 5.74) is 3.63.